The molecule has 1 N–H and O–H groups in total. The van der Waals surface area contributed by atoms with Crippen molar-refractivity contribution in [3.8, 4) is 0 Å². The minimum absolute atomic E-state index is 0.102. The van der Waals surface area contributed by atoms with Crippen molar-refractivity contribution in [3.63, 3.8) is 0 Å². The van der Waals surface area contributed by atoms with Crippen molar-refractivity contribution in [3.05, 3.63) is 0 Å². The second-order valence-corrected chi connectivity index (χ2v) is 5.45. The summed E-state index contributed by atoms with van der Waals surface area (Å²) in [5, 5.41) is 3.22. The minimum Gasteiger partial charge on any atom is -0.377 e. The van der Waals surface area contributed by atoms with Crippen LogP contribution in [0.5, 0.6) is 0 Å². The van der Waals surface area contributed by atoms with Crippen LogP contribution in [0, 0.1) is 0 Å². The molecule has 1 unspecified atom stereocenters. The maximum atomic E-state index is 12.5. The summed E-state index contributed by atoms with van der Waals surface area (Å²) in [7, 11) is 1.64. The van der Waals surface area contributed by atoms with E-state index in [9.17, 15) is 13.2 Å². The predicted molar refractivity (Wildman–Crippen MR) is 70.2 cm³/mol. The number of ether oxygens (including phenoxy) is 1. The van der Waals surface area contributed by atoms with Crippen LogP contribution in [0.4, 0.5) is 13.2 Å². The third kappa shape index (κ3) is 5.30. The van der Waals surface area contributed by atoms with Crippen LogP contribution in [0.15, 0.2) is 0 Å². The topological polar surface area (TPSA) is 21.3 Å². The summed E-state index contributed by atoms with van der Waals surface area (Å²) in [6, 6.07) is -0.206. The molecule has 1 aliphatic rings. The highest BCUT2D eigenvalue weighted by molar-refractivity contribution is 4.94. The molecule has 19 heavy (non-hydrogen) atoms. The van der Waals surface area contributed by atoms with Crippen LogP contribution in [-0.2, 0) is 4.74 Å². The monoisotopic (exact) mass is 281 g/mol. The quantitative estimate of drug-likeness (QED) is 0.742. The largest absolute Gasteiger partial charge is 0.389 e. The highest BCUT2D eigenvalue weighted by atomic mass is 19.4. The Morgan fingerprint density at radius 1 is 1.16 bits per heavy atom. The lowest BCUT2D eigenvalue weighted by Gasteiger charge is -2.40. The zero-order chi connectivity index (χ0) is 14.4. The molecule has 1 atom stereocenters. The molecule has 1 aliphatic carbocycles. The fourth-order valence-electron chi connectivity index (χ4n) is 3.13. The van der Waals surface area contributed by atoms with E-state index in [1.54, 1.807) is 7.11 Å². The van der Waals surface area contributed by atoms with Crippen LogP contribution >= 0.6 is 0 Å². The number of hydrogen-bond donors (Lipinski definition) is 1. The number of methoxy groups -OCH3 is 1. The lowest BCUT2D eigenvalue weighted by atomic mass is 9.83. The van der Waals surface area contributed by atoms with Crippen molar-refractivity contribution in [2.75, 3.05) is 13.7 Å². The van der Waals surface area contributed by atoms with E-state index in [1.165, 1.54) is 0 Å². The van der Waals surface area contributed by atoms with E-state index < -0.39 is 18.2 Å². The first kappa shape index (κ1) is 16.8. The molecule has 0 aliphatic heterocycles. The van der Waals surface area contributed by atoms with Crippen molar-refractivity contribution < 1.29 is 17.9 Å². The van der Waals surface area contributed by atoms with Crippen LogP contribution in [-0.4, -0.2) is 31.5 Å². The van der Waals surface area contributed by atoms with E-state index in [0.29, 0.717) is 6.54 Å². The maximum absolute atomic E-state index is 12.5. The summed E-state index contributed by atoms with van der Waals surface area (Å²) in [6.45, 7) is 2.61. The Hall–Kier alpha value is -0.290. The first-order chi connectivity index (χ1) is 8.93. The third-order valence-electron chi connectivity index (χ3n) is 4.16. The fourth-order valence-corrected chi connectivity index (χ4v) is 3.13. The molecule has 0 aromatic heterocycles. The molecule has 0 aromatic carbocycles. The van der Waals surface area contributed by atoms with Gasteiger partial charge in [0, 0.05) is 19.6 Å². The smallest absolute Gasteiger partial charge is 0.377 e. The van der Waals surface area contributed by atoms with Crippen molar-refractivity contribution in [2.24, 2.45) is 0 Å². The second-order valence-electron chi connectivity index (χ2n) is 5.45. The molecule has 2 nitrogen and oxygen atoms in total. The molecule has 1 rings (SSSR count). The minimum atomic E-state index is -4.09. The Labute approximate surface area is 114 Å². The van der Waals surface area contributed by atoms with Gasteiger partial charge in [-0.1, -0.05) is 32.6 Å². The molecule has 0 aromatic rings. The average molecular weight is 281 g/mol. The molecule has 0 bridgehead atoms. The van der Waals surface area contributed by atoms with E-state index in [-0.39, 0.29) is 12.5 Å². The molecule has 0 spiro atoms. The highest BCUT2D eigenvalue weighted by Gasteiger charge is 2.40. The zero-order valence-electron chi connectivity index (χ0n) is 12.0. The average Bonchev–Trinajstić information content (AvgIpc) is 2.59. The predicted octanol–water partition coefficient (Wildman–Crippen LogP) is 4.05. The number of likely N-dealkylation sites (N-methyl/N-ethyl adjacent to an activating group) is 1. The number of nitrogens with one attached hydrogen (secondary N) is 1. The number of halogens is 3. The van der Waals surface area contributed by atoms with E-state index in [2.05, 4.69) is 5.32 Å². The van der Waals surface area contributed by atoms with E-state index >= 15 is 0 Å². The van der Waals surface area contributed by atoms with Crippen molar-refractivity contribution >= 4 is 0 Å². The van der Waals surface area contributed by atoms with E-state index in [1.807, 2.05) is 6.92 Å². The summed E-state index contributed by atoms with van der Waals surface area (Å²) >= 11 is 0. The van der Waals surface area contributed by atoms with Gasteiger partial charge in [-0.25, -0.2) is 0 Å². The lowest BCUT2D eigenvalue weighted by molar-refractivity contribution is -0.142. The Morgan fingerprint density at radius 3 is 2.16 bits per heavy atom. The van der Waals surface area contributed by atoms with Gasteiger partial charge < -0.3 is 10.1 Å². The Kier molecular flexibility index (Phi) is 6.60. The number of hydrogen-bond acceptors (Lipinski definition) is 2. The van der Waals surface area contributed by atoms with Crippen molar-refractivity contribution in [1.29, 1.82) is 0 Å². The summed E-state index contributed by atoms with van der Waals surface area (Å²) < 4.78 is 43.1. The van der Waals surface area contributed by atoms with Crippen molar-refractivity contribution in [2.45, 2.75) is 76.1 Å². The van der Waals surface area contributed by atoms with Crippen LogP contribution in [0.25, 0.3) is 0 Å². The lowest BCUT2D eigenvalue weighted by Crippen LogP contribution is -2.52. The molecule has 1 fully saturated rings. The molecule has 0 amide bonds. The van der Waals surface area contributed by atoms with Gasteiger partial charge in [-0.2, -0.15) is 13.2 Å². The summed E-state index contributed by atoms with van der Waals surface area (Å²) in [4.78, 5) is 0. The van der Waals surface area contributed by atoms with Crippen LogP contribution < -0.4 is 5.32 Å². The molecule has 1 saturated carbocycles. The van der Waals surface area contributed by atoms with Crippen LogP contribution in [0.3, 0.4) is 0 Å². The molecule has 5 heteroatoms. The van der Waals surface area contributed by atoms with E-state index in [0.717, 1.165) is 38.5 Å². The Morgan fingerprint density at radius 2 is 1.74 bits per heavy atom. The Balaban J connectivity index is 2.74. The summed E-state index contributed by atoms with van der Waals surface area (Å²) in [5.74, 6) is 0. The number of rotatable bonds is 6. The first-order valence-electron chi connectivity index (χ1n) is 7.29. The van der Waals surface area contributed by atoms with Gasteiger partial charge in [0.05, 0.1) is 5.60 Å². The second kappa shape index (κ2) is 7.48. The SMILES string of the molecule is CCNC(CCC(F)(F)F)C1(OC)CCCCCC1. The Bertz CT molecular complexity index is 248. The molecule has 114 valence electrons. The molecular weight excluding hydrogens is 255 g/mol. The summed E-state index contributed by atoms with van der Waals surface area (Å²) in [6.07, 6.45) is 1.39. The number of alkyl halides is 3. The first-order valence-corrected chi connectivity index (χ1v) is 7.29. The van der Waals surface area contributed by atoms with Gasteiger partial charge in [-0.3, -0.25) is 0 Å². The summed E-state index contributed by atoms with van der Waals surface area (Å²) in [5.41, 5.74) is -0.419. The van der Waals surface area contributed by atoms with Crippen LogP contribution in [0.1, 0.15) is 58.3 Å². The van der Waals surface area contributed by atoms with Gasteiger partial charge in [0.15, 0.2) is 0 Å². The van der Waals surface area contributed by atoms with Gasteiger partial charge in [-0.15, -0.1) is 0 Å². The van der Waals surface area contributed by atoms with Gasteiger partial charge in [0.25, 0.3) is 0 Å². The molecular formula is C14H26F3NO. The fraction of sp³-hybridized carbons (Fsp3) is 1.00. The van der Waals surface area contributed by atoms with Gasteiger partial charge >= 0.3 is 6.18 Å². The molecule has 0 saturated heterocycles. The molecule has 0 radical (unpaired) electrons. The van der Waals surface area contributed by atoms with Gasteiger partial charge in [-0.05, 0) is 25.8 Å². The zero-order valence-corrected chi connectivity index (χ0v) is 12.0. The van der Waals surface area contributed by atoms with Gasteiger partial charge in [0.1, 0.15) is 0 Å². The molecule has 0 heterocycles. The highest BCUT2D eigenvalue weighted by Crippen LogP contribution is 2.36. The van der Waals surface area contributed by atoms with Crippen LogP contribution in [0.2, 0.25) is 0 Å². The maximum Gasteiger partial charge on any atom is 0.389 e. The van der Waals surface area contributed by atoms with E-state index in [4.69, 9.17) is 4.74 Å². The van der Waals surface area contributed by atoms with Crippen molar-refractivity contribution in [1.82, 2.24) is 5.32 Å². The normalized spacial score (nSPS) is 21.9. The third-order valence-corrected chi connectivity index (χ3v) is 4.16. The standard InChI is InChI=1S/C14H26F3NO/c1-3-18-12(8-11-14(15,16)17)13(19-2)9-6-4-5-7-10-13/h12,18H,3-11H2,1-2H3. The van der Waals surface area contributed by atoms with Gasteiger partial charge in [0.2, 0.25) is 0 Å².